The van der Waals surface area contributed by atoms with E-state index in [1.54, 1.807) is 0 Å². The van der Waals surface area contributed by atoms with E-state index in [-0.39, 0.29) is 11.5 Å². The van der Waals surface area contributed by atoms with Gasteiger partial charge in [0.15, 0.2) is 0 Å². The summed E-state index contributed by atoms with van der Waals surface area (Å²) in [4.78, 5) is 2.68. The maximum Gasteiger partial charge on any atom is 0.0728 e. The summed E-state index contributed by atoms with van der Waals surface area (Å²) in [6.07, 6.45) is 0. The number of benzene rings is 1. The first-order valence-corrected chi connectivity index (χ1v) is 8.33. The van der Waals surface area contributed by atoms with Crippen molar-refractivity contribution in [2.75, 3.05) is 11.9 Å². The first-order chi connectivity index (χ1) is 9.40. The molecule has 4 heteroatoms. The van der Waals surface area contributed by atoms with Crippen LogP contribution in [0.1, 0.15) is 36.6 Å². The fourth-order valence-electron chi connectivity index (χ4n) is 1.97. The first-order valence-electron chi connectivity index (χ1n) is 6.72. The van der Waals surface area contributed by atoms with Gasteiger partial charge in [0.05, 0.1) is 6.04 Å². The quantitative estimate of drug-likeness (QED) is 0.819. The van der Waals surface area contributed by atoms with Crippen LogP contribution in [0.2, 0.25) is 0 Å². The van der Waals surface area contributed by atoms with Crippen molar-refractivity contribution in [2.24, 2.45) is 5.73 Å². The van der Waals surface area contributed by atoms with Crippen LogP contribution in [0.3, 0.4) is 0 Å². The Morgan fingerprint density at radius 3 is 2.55 bits per heavy atom. The normalized spacial score (nSPS) is 13.2. The molecular weight excluding hydrogens is 332 g/mol. The molecule has 0 spiro atoms. The molecule has 0 aliphatic rings. The number of hydrogen-bond donors (Lipinski definition) is 2. The summed E-state index contributed by atoms with van der Waals surface area (Å²) in [5.74, 6) is 0. The van der Waals surface area contributed by atoms with Crippen molar-refractivity contribution in [3.8, 4) is 0 Å². The SMILES string of the molecule is CC(C)(C)c1ccc(C(CN)Nc2cccc(Br)c2)s1. The monoisotopic (exact) mass is 352 g/mol. The Balaban J connectivity index is 2.18. The Hall–Kier alpha value is -0.840. The third-order valence-electron chi connectivity index (χ3n) is 3.11. The van der Waals surface area contributed by atoms with E-state index >= 15 is 0 Å². The first kappa shape index (κ1) is 15.5. The maximum atomic E-state index is 5.94. The lowest BCUT2D eigenvalue weighted by molar-refractivity contribution is 0.604. The highest BCUT2D eigenvalue weighted by Gasteiger charge is 2.19. The zero-order valence-electron chi connectivity index (χ0n) is 12.1. The predicted molar refractivity (Wildman–Crippen MR) is 92.6 cm³/mol. The van der Waals surface area contributed by atoms with E-state index in [0.29, 0.717) is 6.54 Å². The van der Waals surface area contributed by atoms with Gasteiger partial charge in [-0.05, 0) is 35.7 Å². The van der Waals surface area contributed by atoms with Gasteiger partial charge in [0.25, 0.3) is 0 Å². The Labute approximate surface area is 133 Å². The van der Waals surface area contributed by atoms with E-state index in [1.165, 1.54) is 9.75 Å². The number of nitrogens with one attached hydrogen (secondary N) is 1. The second-order valence-corrected chi connectivity index (χ2v) is 7.93. The van der Waals surface area contributed by atoms with Gasteiger partial charge >= 0.3 is 0 Å². The highest BCUT2D eigenvalue weighted by atomic mass is 79.9. The Morgan fingerprint density at radius 1 is 1.25 bits per heavy atom. The van der Waals surface area contributed by atoms with E-state index in [9.17, 15) is 0 Å². The molecule has 0 fully saturated rings. The third kappa shape index (κ3) is 3.84. The Bertz CT molecular complexity index is 572. The van der Waals surface area contributed by atoms with Gasteiger partial charge in [0.1, 0.15) is 0 Å². The highest BCUT2D eigenvalue weighted by Crippen LogP contribution is 2.33. The minimum Gasteiger partial charge on any atom is -0.376 e. The zero-order valence-corrected chi connectivity index (χ0v) is 14.5. The smallest absolute Gasteiger partial charge is 0.0728 e. The van der Waals surface area contributed by atoms with E-state index in [0.717, 1.165) is 10.2 Å². The lowest BCUT2D eigenvalue weighted by Gasteiger charge is -2.18. The van der Waals surface area contributed by atoms with Gasteiger partial charge in [-0.2, -0.15) is 0 Å². The predicted octanol–water partition coefficient (Wildman–Crippen LogP) is 4.92. The Morgan fingerprint density at radius 2 is 2.00 bits per heavy atom. The average molecular weight is 353 g/mol. The molecule has 1 unspecified atom stereocenters. The van der Waals surface area contributed by atoms with Crippen LogP contribution in [0.25, 0.3) is 0 Å². The van der Waals surface area contributed by atoms with Crippen molar-refractivity contribution in [1.82, 2.24) is 0 Å². The van der Waals surface area contributed by atoms with Crippen molar-refractivity contribution < 1.29 is 0 Å². The summed E-state index contributed by atoms with van der Waals surface area (Å²) >= 11 is 5.33. The number of anilines is 1. The number of halogens is 1. The van der Waals surface area contributed by atoms with Gasteiger partial charge in [-0.15, -0.1) is 11.3 Å². The van der Waals surface area contributed by atoms with E-state index in [4.69, 9.17) is 5.73 Å². The molecule has 0 aliphatic carbocycles. The van der Waals surface area contributed by atoms with E-state index in [1.807, 2.05) is 23.5 Å². The number of hydrogen-bond acceptors (Lipinski definition) is 3. The van der Waals surface area contributed by atoms with Crippen molar-refractivity contribution in [2.45, 2.75) is 32.2 Å². The maximum absolute atomic E-state index is 5.94. The number of nitrogens with two attached hydrogens (primary N) is 1. The van der Waals surface area contributed by atoms with Crippen molar-refractivity contribution in [1.29, 1.82) is 0 Å². The van der Waals surface area contributed by atoms with Crippen molar-refractivity contribution >= 4 is 33.0 Å². The van der Waals surface area contributed by atoms with Gasteiger partial charge in [-0.3, -0.25) is 0 Å². The molecule has 0 amide bonds. The molecule has 2 aromatic rings. The minimum atomic E-state index is 0.158. The van der Waals surface area contributed by atoms with Gasteiger partial charge in [-0.1, -0.05) is 42.8 Å². The molecule has 1 heterocycles. The van der Waals surface area contributed by atoms with Crippen LogP contribution < -0.4 is 11.1 Å². The molecule has 0 saturated carbocycles. The number of rotatable bonds is 4. The Kier molecular flexibility index (Phi) is 4.89. The van der Waals surface area contributed by atoms with Gasteiger partial charge in [0.2, 0.25) is 0 Å². The van der Waals surface area contributed by atoms with E-state index in [2.05, 4.69) is 66.3 Å². The van der Waals surface area contributed by atoms with Gasteiger partial charge in [0, 0.05) is 26.5 Å². The average Bonchev–Trinajstić information content (AvgIpc) is 2.85. The lowest BCUT2D eigenvalue weighted by Crippen LogP contribution is -2.19. The van der Waals surface area contributed by atoms with Crippen LogP contribution >= 0.6 is 27.3 Å². The summed E-state index contributed by atoms with van der Waals surface area (Å²) in [6.45, 7) is 7.29. The molecule has 2 nitrogen and oxygen atoms in total. The van der Waals surface area contributed by atoms with Crippen LogP contribution in [-0.4, -0.2) is 6.54 Å². The molecule has 2 rings (SSSR count). The van der Waals surface area contributed by atoms with Crippen LogP contribution in [0.4, 0.5) is 5.69 Å². The second kappa shape index (κ2) is 6.29. The molecular formula is C16H21BrN2S. The molecule has 3 N–H and O–H groups in total. The standard InChI is InChI=1S/C16H21BrN2S/c1-16(2,3)15-8-7-14(20-15)13(10-18)19-12-6-4-5-11(17)9-12/h4-9,13,19H,10,18H2,1-3H3. The summed E-state index contributed by atoms with van der Waals surface area (Å²) in [5, 5.41) is 3.51. The summed E-state index contributed by atoms with van der Waals surface area (Å²) < 4.78 is 1.07. The summed E-state index contributed by atoms with van der Waals surface area (Å²) in [5.41, 5.74) is 7.22. The summed E-state index contributed by atoms with van der Waals surface area (Å²) in [7, 11) is 0. The van der Waals surface area contributed by atoms with Crippen LogP contribution in [0, 0.1) is 0 Å². The molecule has 0 bridgehead atoms. The zero-order chi connectivity index (χ0) is 14.8. The fraction of sp³-hybridized carbons (Fsp3) is 0.375. The molecule has 20 heavy (non-hydrogen) atoms. The minimum absolute atomic E-state index is 0.158. The molecule has 108 valence electrons. The molecule has 0 saturated heterocycles. The van der Waals surface area contributed by atoms with Gasteiger partial charge < -0.3 is 11.1 Å². The number of thiophene rings is 1. The second-order valence-electron chi connectivity index (χ2n) is 5.89. The third-order valence-corrected chi connectivity index (χ3v) is 5.23. The van der Waals surface area contributed by atoms with Crippen LogP contribution in [0.5, 0.6) is 0 Å². The topological polar surface area (TPSA) is 38.0 Å². The van der Waals surface area contributed by atoms with Crippen molar-refractivity contribution in [3.63, 3.8) is 0 Å². The largest absolute Gasteiger partial charge is 0.376 e. The van der Waals surface area contributed by atoms with Crippen LogP contribution in [-0.2, 0) is 5.41 Å². The molecule has 1 aromatic heterocycles. The van der Waals surface area contributed by atoms with E-state index < -0.39 is 0 Å². The highest BCUT2D eigenvalue weighted by molar-refractivity contribution is 9.10. The van der Waals surface area contributed by atoms with Crippen molar-refractivity contribution in [3.05, 3.63) is 50.6 Å². The van der Waals surface area contributed by atoms with Crippen LogP contribution in [0.15, 0.2) is 40.9 Å². The van der Waals surface area contributed by atoms with Gasteiger partial charge in [-0.25, -0.2) is 0 Å². The fourth-order valence-corrected chi connectivity index (χ4v) is 3.50. The summed E-state index contributed by atoms with van der Waals surface area (Å²) in [6, 6.07) is 12.7. The molecule has 0 aliphatic heterocycles. The molecule has 0 radical (unpaired) electrons. The molecule has 1 aromatic carbocycles. The molecule has 1 atom stereocenters. The lowest BCUT2D eigenvalue weighted by atomic mass is 9.95.